The highest BCUT2D eigenvalue weighted by Crippen LogP contribution is 2.20. The normalized spacial score (nSPS) is 19.6. The molecule has 0 amide bonds. The predicted molar refractivity (Wildman–Crippen MR) is 71.3 cm³/mol. The summed E-state index contributed by atoms with van der Waals surface area (Å²) in [7, 11) is 0. The number of hydrogen-bond donors (Lipinski definition) is 3. The van der Waals surface area contributed by atoms with Crippen molar-refractivity contribution in [1.29, 1.82) is 0 Å². The van der Waals surface area contributed by atoms with Gasteiger partial charge in [0.25, 0.3) is 0 Å². The van der Waals surface area contributed by atoms with Crippen molar-refractivity contribution in [2.45, 2.75) is 38.7 Å². The van der Waals surface area contributed by atoms with Gasteiger partial charge in [0.1, 0.15) is 18.0 Å². The number of aromatic nitrogens is 2. The first-order chi connectivity index (χ1) is 8.85. The van der Waals surface area contributed by atoms with Crippen molar-refractivity contribution in [3.8, 4) is 0 Å². The second-order valence-corrected chi connectivity index (χ2v) is 4.42. The van der Waals surface area contributed by atoms with Crippen molar-refractivity contribution < 1.29 is 4.74 Å². The summed E-state index contributed by atoms with van der Waals surface area (Å²) < 4.78 is 5.68. The van der Waals surface area contributed by atoms with Gasteiger partial charge in [-0.25, -0.2) is 15.8 Å². The fourth-order valence-corrected chi connectivity index (χ4v) is 2.20. The molecule has 4 N–H and O–H groups in total. The molecule has 6 heteroatoms. The van der Waals surface area contributed by atoms with E-state index in [1.165, 1.54) is 19.2 Å². The Bertz CT molecular complexity index is 379. The highest BCUT2D eigenvalue weighted by Gasteiger charge is 2.15. The first-order valence-electron chi connectivity index (χ1n) is 6.51. The molecule has 6 nitrogen and oxygen atoms in total. The third-order valence-electron chi connectivity index (χ3n) is 3.21. The quantitative estimate of drug-likeness (QED) is 0.540. The Morgan fingerprint density at radius 2 is 2.22 bits per heavy atom. The second kappa shape index (κ2) is 6.51. The van der Waals surface area contributed by atoms with Gasteiger partial charge < -0.3 is 15.5 Å². The molecule has 1 saturated heterocycles. The lowest BCUT2D eigenvalue weighted by Crippen LogP contribution is -2.27. The molecular weight excluding hydrogens is 230 g/mol. The molecule has 1 atom stereocenters. The number of nitrogen functional groups attached to an aromatic ring is 1. The van der Waals surface area contributed by atoms with E-state index in [0.29, 0.717) is 5.82 Å². The van der Waals surface area contributed by atoms with Crippen LogP contribution in [0.4, 0.5) is 11.6 Å². The van der Waals surface area contributed by atoms with Crippen LogP contribution < -0.4 is 16.6 Å². The van der Waals surface area contributed by atoms with Crippen molar-refractivity contribution in [3.63, 3.8) is 0 Å². The minimum atomic E-state index is 0.285. The Labute approximate surface area is 107 Å². The average molecular weight is 251 g/mol. The first kappa shape index (κ1) is 13.0. The van der Waals surface area contributed by atoms with E-state index in [9.17, 15) is 0 Å². The minimum Gasteiger partial charge on any atom is -0.376 e. The highest BCUT2D eigenvalue weighted by atomic mass is 16.5. The molecule has 2 rings (SSSR count). The molecule has 18 heavy (non-hydrogen) atoms. The maximum absolute atomic E-state index is 5.68. The van der Waals surface area contributed by atoms with Gasteiger partial charge in [0.05, 0.1) is 6.10 Å². The van der Waals surface area contributed by atoms with Crippen LogP contribution in [-0.4, -0.2) is 29.2 Å². The number of nitrogens with zero attached hydrogens (tertiary/aromatic N) is 2. The Morgan fingerprint density at radius 3 is 2.89 bits per heavy atom. The number of nitrogens with two attached hydrogens (primary N) is 1. The average Bonchev–Trinajstić information content (AvgIpc) is 2.45. The molecule has 0 bridgehead atoms. The highest BCUT2D eigenvalue weighted by molar-refractivity contribution is 5.56. The van der Waals surface area contributed by atoms with Crippen LogP contribution in [0.3, 0.4) is 0 Å². The summed E-state index contributed by atoms with van der Waals surface area (Å²) in [4.78, 5) is 8.37. The Morgan fingerprint density at radius 1 is 1.39 bits per heavy atom. The second-order valence-electron chi connectivity index (χ2n) is 4.42. The number of rotatable bonds is 5. The molecule has 1 fully saturated rings. The Balaban J connectivity index is 1.99. The van der Waals surface area contributed by atoms with E-state index in [1.807, 2.05) is 0 Å². The maximum atomic E-state index is 5.68. The lowest BCUT2D eigenvalue weighted by Gasteiger charge is -2.23. The molecule has 0 aliphatic carbocycles. The van der Waals surface area contributed by atoms with Gasteiger partial charge in [0.15, 0.2) is 0 Å². The van der Waals surface area contributed by atoms with Crippen LogP contribution in [0.5, 0.6) is 0 Å². The van der Waals surface area contributed by atoms with Crippen molar-refractivity contribution in [1.82, 2.24) is 9.97 Å². The third kappa shape index (κ3) is 3.08. The summed E-state index contributed by atoms with van der Waals surface area (Å²) in [6, 6.07) is 0. The smallest absolute Gasteiger partial charge is 0.148 e. The summed E-state index contributed by atoms with van der Waals surface area (Å²) in [5, 5.41) is 3.34. The fraction of sp³-hybridized carbons (Fsp3) is 0.667. The topological polar surface area (TPSA) is 85.1 Å². The van der Waals surface area contributed by atoms with E-state index >= 15 is 0 Å². The lowest BCUT2D eigenvalue weighted by molar-refractivity contribution is 0.0247. The molecule has 1 aromatic rings. The van der Waals surface area contributed by atoms with Crippen molar-refractivity contribution >= 4 is 11.6 Å². The summed E-state index contributed by atoms with van der Waals surface area (Å²) in [5.74, 6) is 6.96. The molecule has 0 spiro atoms. The zero-order valence-electron chi connectivity index (χ0n) is 10.8. The molecule has 1 unspecified atom stereocenters. The van der Waals surface area contributed by atoms with Gasteiger partial charge in [-0.2, -0.15) is 0 Å². The van der Waals surface area contributed by atoms with E-state index in [-0.39, 0.29) is 6.10 Å². The van der Waals surface area contributed by atoms with Gasteiger partial charge in [-0.1, -0.05) is 6.92 Å². The van der Waals surface area contributed by atoms with E-state index in [2.05, 4.69) is 27.6 Å². The number of hydrazine groups is 1. The molecule has 0 radical (unpaired) electrons. The van der Waals surface area contributed by atoms with Crippen molar-refractivity contribution in [3.05, 3.63) is 11.9 Å². The van der Waals surface area contributed by atoms with E-state index in [1.54, 1.807) is 0 Å². The molecule has 1 aliphatic rings. The van der Waals surface area contributed by atoms with Crippen LogP contribution in [0.2, 0.25) is 0 Å². The van der Waals surface area contributed by atoms with Crippen LogP contribution in [0.1, 0.15) is 31.7 Å². The Kier molecular flexibility index (Phi) is 4.72. The largest absolute Gasteiger partial charge is 0.376 e. The van der Waals surface area contributed by atoms with Gasteiger partial charge >= 0.3 is 0 Å². The molecular formula is C12H21N5O. The summed E-state index contributed by atoms with van der Waals surface area (Å²) in [6.45, 7) is 3.71. The fourth-order valence-electron chi connectivity index (χ4n) is 2.20. The molecule has 1 aromatic heterocycles. The van der Waals surface area contributed by atoms with Crippen molar-refractivity contribution in [2.75, 3.05) is 23.9 Å². The minimum absolute atomic E-state index is 0.285. The van der Waals surface area contributed by atoms with Crippen LogP contribution in [-0.2, 0) is 11.2 Å². The Hall–Kier alpha value is -1.40. The SMILES string of the molecule is CCc1c(NN)ncnc1NCC1CCCCO1. The lowest BCUT2D eigenvalue weighted by atomic mass is 10.1. The number of nitrogens with one attached hydrogen (secondary N) is 2. The monoisotopic (exact) mass is 251 g/mol. The van der Waals surface area contributed by atoms with E-state index < -0.39 is 0 Å². The van der Waals surface area contributed by atoms with Crippen molar-refractivity contribution in [2.24, 2.45) is 5.84 Å². The molecule has 2 heterocycles. The van der Waals surface area contributed by atoms with E-state index in [4.69, 9.17) is 10.6 Å². The molecule has 0 saturated carbocycles. The zero-order chi connectivity index (χ0) is 12.8. The molecule has 1 aliphatic heterocycles. The van der Waals surface area contributed by atoms with Crippen LogP contribution >= 0.6 is 0 Å². The third-order valence-corrected chi connectivity index (χ3v) is 3.21. The van der Waals surface area contributed by atoms with Crippen LogP contribution in [0.25, 0.3) is 0 Å². The van der Waals surface area contributed by atoms with Gasteiger partial charge in [0.2, 0.25) is 0 Å². The van der Waals surface area contributed by atoms with Crippen LogP contribution in [0, 0.1) is 0 Å². The summed E-state index contributed by atoms with van der Waals surface area (Å²) in [5.41, 5.74) is 3.61. The van der Waals surface area contributed by atoms with E-state index in [0.717, 1.165) is 37.4 Å². The standard InChI is InChI=1S/C12H21N5O/c1-2-10-11(15-8-16-12(10)17-13)14-7-9-5-3-4-6-18-9/h8-9H,2-7,13H2,1H3,(H2,14,15,16,17). The van der Waals surface area contributed by atoms with Gasteiger partial charge in [-0.05, 0) is 25.7 Å². The first-order valence-corrected chi connectivity index (χ1v) is 6.51. The zero-order valence-corrected chi connectivity index (χ0v) is 10.8. The molecule has 100 valence electrons. The van der Waals surface area contributed by atoms with Gasteiger partial charge in [-0.15, -0.1) is 0 Å². The number of hydrogen-bond acceptors (Lipinski definition) is 6. The summed E-state index contributed by atoms with van der Waals surface area (Å²) in [6.07, 6.45) is 6.15. The van der Waals surface area contributed by atoms with Gasteiger partial charge in [0, 0.05) is 18.7 Å². The predicted octanol–water partition coefficient (Wildman–Crippen LogP) is 1.31. The number of ether oxygens (including phenoxy) is 1. The van der Waals surface area contributed by atoms with Crippen LogP contribution in [0.15, 0.2) is 6.33 Å². The maximum Gasteiger partial charge on any atom is 0.148 e. The summed E-state index contributed by atoms with van der Waals surface area (Å²) >= 11 is 0. The molecule has 0 aromatic carbocycles. The van der Waals surface area contributed by atoms with Gasteiger partial charge in [-0.3, -0.25) is 0 Å². The number of anilines is 2.